The number of hydrogen-bond acceptors (Lipinski definition) is 3. The summed E-state index contributed by atoms with van der Waals surface area (Å²) in [5.41, 5.74) is 6.59. The molecule has 1 amide bonds. The number of carbonyl (C=O) groups is 1. The molecule has 0 aromatic heterocycles. The summed E-state index contributed by atoms with van der Waals surface area (Å²) in [7, 11) is 3.36. The molecule has 0 heterocycles. The summed E-state index contributed by atoms with van der Waals surface area (Å²) in [6.45, 7) is 4.83. The van der Waals surface area contributed by atoms with E-state index >= 15 is 0 Å². The van der Waals surface area contributed by atoms with Crippen LogP contribution in [0.25, 0.3) is 0 Å². The van der Waals surface area contributed by atoms with E-state index in [0.717, 1.165) is 6.42 Å². The lowest BCUT2D eigenvalue weighted by molar-refractivity contribution is 0.0786. The number of methoxy groups -OCH3 is 1. The number of amides is 1. The van der Waals surface area contributed by atoms with Gasteiger partial charge in [-0.15, -0.1) is 12.4 Å². The molecule has 0 saturated heterocycles. The van der Waals surface area contributed by atoms with Crippen molar-refractivity contribution >= 4 is 18.3 Å². The van der Waals surface area contributed by atoms with E-state index in [4.69, 9.17) is 10.5 Å². The summed E-state index contributed by atoms with van der Waals surface area (Å²) >= 11 is 0. The Morgan fingerprint density at radius 2 is 1.95 bits per heavy atom. The van der Waals surface area contributed by atoms with Gasteiger partial charge in [-0.05, 0) is 24.5 Å². The first-order chi connectivity index (χ1) is 8.97. The second-order valence-corrected chi connectivity index (χ2v) is 5.12. The summed E-state index contributed by atoms with van der Waals surface area (Å²) < 4.78 is 5.21. The number of nitrogens with zero attached hydrogens (tertiary/aromatic N) is 1. The number of nitrogens with two attached hydrogens (primary N) is 1. The average Bonchev–Trinajstić information content (AvgIpc) is 2.43. The van der Waals surface area contributed by atoms with E-state index in [1.807, 2.05) is 12.1 Å². The monoisotopic (exact) mass is 300 g/mol. The maximum Gasteiger partial charge on any atom is 0.257 e. The van der Waals surface area contributed by atoms with Gasteiger partial charge in [-0.3, -0.25) is 4.79 Å². The molecule has 1 aromatic carbocycles. The Hall–Kier alpha value is -1.26. The van der Waals surface area contributed by atoms with Crippen molar-refractivity contribution in [3.63, 3.8) is 0 Å². The molecule has 0 saturated carbocycles. The Morgan fingerprint density at radius 3 is 2.50 bits per heavy atom. The van der Waals surface area contributed by atoms with E-state index < -0.39 is 0 Å². The zero-order chi connectivity index (χ0) is 14.4. The highest BCUT2D eigenvalue weighted by Gasteiger charge is 2.17. The van der Waals surface area contributed by atoms with Crippen LogP contribution in [0, 0.1) is 5.92 Å². The number of ether oxygens (including phenoxy) is 1. The van der Waals surface area contributed by atoms with Gasteiger partial charge in [-0.25, -0.2) is 0 Å². The van der Waals surface area contributed by atoms with Crippen LogP contribution >= 0.6 is 12.4 Å². The summed E-state index contributed by atoms with van der Waals surface area (Å²) in [5, 5.41) is 0. The molecule has 2 N–H and O–H groups in total. The molecule has 0 aliphatic carbocycles. The van der Waals surface area contributed by atoms with Crippen LogP contribution in [-0.2, 0) is 0 Å². The van der Waals surface area contributed by atoms with Crippen molar-refractivity contribution in [2.45, 2.75) is 26.3 Å². The molecule has 1 atom stereocenters. The van der Waals surface area contributed by atoms with Gasteiger partial charge in [-0.2, -0.15) is 0 Å². The Bertz CT molecular complexity index is 424. The minimum atomic E-state index is -0.0339. The van der Waals surface area contributed by atoms with Crippen molar-refractivity contribution < 1.29 is 9.53 Å². The molecule has 0 spiro atoms. The SMILES string of the molecule is COc1ccccc1C(=O)N(C)CCC(N)C(C)C.Cl. The van der Waals surface area contributed by atoms with E-state index in [1.165, 1.54) is 0 Å². The van der Waals surface area contributed by atoms with Gasteiger partial charge in [0.15, 0.2) is 0 Å². The fourth-order valence-corrected chi connectivity index (χ4v) is 1.80. The van der Waals surface area contributed by atoms with Crippen LogP contribution in [0.2, 0.25) is 0 Å². The quantitative estimate of drug-likeness (QED) is 0.878. The first kappa shape index (κ1) is 18.7. The predicted octanol–water partition coefficient (Wildman–Crippen LogP) is 2.56. The first-order valence-electron chi connectivity index (χ1n) is 6.61. The van der Waals surface area contributed by atoms with E-state index in [9.17, 15) is 4.79 Å². The van der Waals surface area contributed by atoms with Crippen LogP contribution in [0.1, 0.15) is 30.6 Å². The number of halogens is 1. The van der Waals surface area contributed by atoms with Crippen LogP contribution in [0.5, 0.6) is 5.75 Å². The Morgan fingerprint density at radius 1 is 1.35 bits per heavy atom. The maximum absolute atomic E-state index is 12.3. The van der Waals surface area contributed by atoms with Crippen molar-refractivity contribution in [1.82, 2.24) is 4.90 Å². The van der Waals surface area contributed by atoms with Crippen LogP contribution in [-0.4, -0.2) is 37.6 Å². The van der Waals surface area contributed by atoms with Gasteiger partial charge in [-0.1, -0.05) is 26.0 Å². The predicted molar refractivity (Wildman–Crippen MR) is 84.6 cm³/mol. The Balaban J connectivity index is 0.00000361. The highest BCUT2D eigenvalue weighted by atomic mass is 35.5. The molecule has 0 aliphatic rings. The molecule has 114 valence electrons. The van der Waals surface area contributed by atoms with Gasteiger partial charge in [0, 0.05) is 19.6 Å². The van der Waals surface area contributed by atoms with Crippen molar-refractivity contribution in [3.8, 4) is 5.75 Å². The number of hydrogen-bond donors (Lipinski definition) is 1. The summed E-state index contributed by atoms with van der Waals surface area (Å²) in [6.07, 6.45) is 0.801. The topological polar surface area (TPSA) is 55.6 Å². The Kier molecular flexibility index (Phi) is 8.26. The molecule has 5 heteroatoms. The fraction of sp³-hybridized carbons (Fsp3) is 0.533. The molecule has 0 radical (unpaired) electrons. The molecule has 1 aromatic rings. The van der Waals surface area contributed by atoms with Crippen LogP contribution in [0.4, 0.5) is 0 Å². The molecule has 1 rings (SSSR count). The minimum Gasteiger partial charge on any atom is -0.496 e. The summed E-state index contributed by atoms with van der Waals surface area (Å²) in [4.78, 5) is 14.0. The average molecular weight is 301 g/mol. The van der Waals surface area contributed by atoms with Crippen LogP contribution < -0.4 is 10.5 Å². The summed E-state index contributed by atoms with van der Waals surface area (Å²) in [6, 6.07) is 7.38. The lowest BCUT2D eigenvalue weighted by atomic mass is 10.0. The zero-order valence-electron chi connectivity index (χ0n) is 12.6. The number of carbonyl (C=O) groups excluding carboxylic acids is 1. The minimum absolute atomic E-state index is 0. The van der Waals surface area contributed by atoms with Crippen molar-refractivity contribution in [1.29, 1.82) is 0 Å². The third kappa shape index (κ3) is 5.02. The van der Waals surface area contributed by atoms with Gasteiger partial charge in [0.05, 0.1) is 12.7 Å². The molecular weight excluding hydrogens is 276 g/mol. The van der Waals surface area contributed by atoms with Crippen molar-refractivity contribution in [2.75, 3.05) is 20.7 Å². The summed E-state index contributed by atoms with van der Waals surface area (Å²) in [5.74, 6) is 0.996. The highest BCUT2D eigenvalue weighted by Crippen LogP contribution is 2.19. The van der Waals surface area contributed by atoms with Gasteiger partial charge >= 0.3 is 0 Å². The van der Waals surface area contributed by atoms with E-state index in [0.29, 0.717) is 23.8 Å². The fourth-order valence-electron chi connectivity index (χ4n) is 1.80. The third-order valence-electron chi connectivity index (χ3n) is 3.34. The van der Waals surface area contributed by atoms with E-state index in [1.54, 1.807) is 31.2 Å². The molecule has 0 bridgehead atoms. The van der Waals surface area contributed by atoms with Gasteiger partial charge in [0.1, 0.15) is 5.75 Å². The van der Waals surface area contributed by atoms with Gasteiger partial charge < -0.3 is 15.4 Å². The third-order valence-corrected chi connectivity index (χ3v) is 3.34. The van der Waals surface area contributed by atoms with Crippen LogP contribution in [0.15, 0.2) is 24.3 Å². The van der Waals surface area contributed by atoms with E-state index in [2.05, 4.69) is 13.8 Å². The normalized spacial score (nSPS) is 11.7. The number of benzene rings is 1. The first-order valence-corrected chi connectivity index (χ1v) is 6.61. The molecule has 0 aliphatic heterocycles. The van der Waals surface area contributed by atoms with Crippen molar-refractivity contribution in [2.24, 2.45) is 11.7 Å². The second kappa shape index (κ2) is 8.82. The molecule has 1 unspecified atom stereocenters. The van der Waals surface area contributed by atoms with Gasteiger partial charge in [0.2, 0.25) is 0 Å². The number of rotatable bonds is 6. The zero-order valence-corrected chi connectivity index (χ0v) is 13.4. The number of para-hydroxylation sites is 1. The lowest BCUT2D eigenvalue weighted by Crippen LogP contribution is -2.34. The molecule has 20 heavy (non-hydrogen) atoms. The Labute approximate surface area is 127 Å². The van der Waals surface area contributed by atoms with Gasteiger partial charge in [0.25, 0.3) is 5.91 Å². The smallest absolute Gasteiger partial charge is 0.257 e. The van der Waals surface area contributed by atoms with Crippen LogP contribution in [0.3, 0.4) is 0 Å². The molecular formula is C15H25ClN2O2. The maximum atomic E-state index is 12.3. The highest BCUT2D eigenvalue weighted by molar-refractivity contribution is 5.96. The lowest BCUT2D eigenvalue weighted by Gasteiger charge is -2.22. The van der Waals surface area contributed by atoms with Crippen molar-refractivity contribution in [3.05, 3.63) is 29.8 Å². The second-order valence-electron chi connectivity index (χ2n) is 5.12. The largest absolute Gasteiger partial charge is 0.496 e. The molecule has 4 nitrogen and oxygen atoms in total. The molecule has 0 fully saturated rings. The van der Waals surface area contributed by atoms with E-state index in [-0.39, 0.29) is 24.4 Å². The standard InChI is InChI=1S/C15H24N2O2.ClH/c1-11(2)13(16)9-10-17(3)15(18)12-7-5-6-8-14(12)19-4;/h5-8,11,13H,9-10,16H2,1-4H3;1H.